The zero-order valence-corrected chi connectivity index (χ0v) is 15.4. The quantitative estimate of drug-likeness (QED) is 0.882. The van der Waals surface area contributed by atoms with Crippen molar-refractivity contribution in [3.63, 3.8) is 0 Å². The van der Waals surface area contributed by atoms with Crippen molar-refractivity contribution in [2.24, 2.45) is 5.92 Å². The molecule has 1 saturated heterocycles. The monoisotopic (exact) mass is 369 g/mol. The second-order valence-corrected chi connectivity index (χ2v) is 7.01. The lowest BCUT2D eigenvalue weighted by atomic mass is 9.98. The molecule has 27 heavy (non-hydrogen) atoms. The lowest BCUT2D eigenvalue weighted by Crippen LogP contribution is -2.47. The van der Waals surface area contributed by atoms with Crippen LogP contribution in [-0.4, -0.2) is 40.8 Å². The molecule has 0 bridgehead atoms. The third-order valence-electron chi connectivity index (χ3n) is 4.99. The zero-order chi connectivity index (χ0) is 19.2. The number of carbonyl (C=O) groups excluding carboxylic acids is 2. The molecule has 1 atom stereocenters. The van der Waals surface area contributed by atoms with Crippen LogP contribution in [0.5, 0.6) is 0 Å². The molecule has 1 aromatic heterocycles. The fraction of sp³-hybridized carbons (Fsp3) is 0.381. The highest BCUT2D eigenvalue weighted by molar-refractivity contribution is 5.94. The molecule has 1 unspecified atom stereocenters. The van der Waals surface area contributed by atoms with Gasteiger partial charge in [0.1, 0.15) is 5.82 Å². The standard InChI is InChI=1S/C21H24FN3O2/c1-15(14-17-4-2-3-5-19(17)22)20(26)24-18-8-12-25(13-9-18)21(27)16-6-10-23-11-7-16/h2-7,10-11,15,18H,8-9,12-14H2,1H3,(H,24,26). The number of nitrogens with zero attached hydrogens (tertiary/aromatic N) is 2. The number of piperidine rings is 1. The summed E-state index contributed by atoms with van der Waals surface area (Å²) in [5, 5.41) is 3.05. The van der Waals surface area contributed by atoms with Crippen LogP contribution in [0, 0.1) is 11.7 Å². The molecule has 2 aromatic rings. The summed E-state index contributed by atoms with van der Waals surface area (Å²) >= 11 is 0. The fourth-order valence-corrected chi connectivity index (χ4v) is 3.33. The molecule has 3 rings (SSSR count). The summed E-state index contributed by atoms with van der Waals surface area (Å²) < 4.78 is 13.8. The summed E-state index contributed by atoms with van der Waals surface area (Å²) in [6.45, 7) is 3.02. The van der Waals surface area contributed by atoms with Gasteiger partial charge >= 0.3 is 0 Å². The van der Waals surface area contributed by atoms with E-state index >= 15 is 0 Å². The molecular formula is C21H24FN3O2. The predicted molar refractivity (Wildman–Crippen MR) is 101 cm³/mol. The summed E-state index contributed by atoms with van der Waals surface area (Å²) in [5.74, 6) is -0.661. The fourth-order valence-electron chi connectivity index (χ4n) is 3.33. The highest BCUT2D eigenvalue weighted by Gasteiger charge is 2.26. The van der Waals surface area contributed by atoms with Gasteiger partial charge in [-0.3, -0.25) is 14.6 Å². The molecule has 2 heterocycles. The van der Waals surface area contributed by atoms with E-state index < -0.39 is 0 Å². The third-order valence-corrected chi connectivity index (χ3v) is 4.99. The number of nitrogens with one attached hydrogen (secondary N) is 1. The van der Waals surface area contributed by atoms with Crippen LogP contribution in [0.1, 0.15) is 35.7 Å². The average molecular weight is 369 g/mol. The van der Waals surface area contributed by atoms with Gasteiger partial charge in [-0.2, -0.15) is 0 Å². The second kappa shape index (κ2) is 8.75. The van der Waals surface area contributed by atoms with Crippen molar-refractivity contribution in [2.75, 3.05) is 13.1 Å². The summed E-state index contributed by atoms with van der Waals surface area (Å²) in [4.78, 5) is 30.6. The van der Waals surface area contributed by atoms with Gasteiger partial charge in [-0.1, -0.05) is 25.1 Å². The van der Waals surface area contributed by atoms with E-state index in [1.54, 1.807) is 47.6 Å². The van der Waals surface area contributed by atoms with E-state index in [-0.39, 0.29) is 29.6 Å². The molecule has 6 heteroatoms. The van der Waals surface area contributed by atoms with Gasteiger partial charge in [-0.15, -0.1) is 0 Å². The highest BCUT2D eigenvalue weighted by atomic mass is 19.1. The third kappa shape index (κ3) is 4.90. The Labute approximate surface area is 158 Å². The van der Waals surface area contributed by atoms with Crippen LogP contribution in [0.15, 0.2) is 48.8 Å². The maximum Gasteiger partial charge on any atom is 0.253 e. The number of benzene rings is 1. The minimum absolute atomic E-state index is 0.00454. The van der Waals surface area contributed by atoms with E-state index in [2.05, 4.69) is 10.3 Å². The minimum Gasteiger partial charge on any atom is -0.353 e. The molecule has 1 N–H and O–H groups in total. The van der Waals surface area contributed by atoms with Gasteiger partial charge in [0, 0.05) is 43.0 Å². The Bertz CT molecular complexity index is 789. The predicted octanol–water partition coefficient (Wildman–Crippen LogP) is 2.82. The molecule has 0 saturated carbocycles. The van der Waals surface area contributed by atoms with Crippen LogP contribution in [0.4, 0.5) is 4.39 Å². The van der Waals surface area contributed by atoms with Crippen LogP contribution in [0.3, 0.4) is 0 Å². The topological polar surface area (TPSA) is 62.3 Å². The van der Waals surface area contributed by atoms with Crippen molar-refractivity contribution in [1.82, 2.24) is 15.2 Å². The second-order valence-electron chi connectivity index (χ2n) is 7.01. The van der Waals surface area contributed by atoms with Gasteiger partial charge in [0.05, 0.1) is 0 Å². The van der Waals surface area contributed by atoms with Crippen LogP contribution in [0.2, 0.25) is 0 Å². The van der Waals surface area contributed by atoms with E-state index in [4.69, 9.17) is 0 Å². The van der Waals surface area contributed by atoms with Crippen molar-refractivity contribution in [3.05, 3.63) is 65.7 Å². The lowest BCUT2D eigenvalue weighted by molar-refractivity contribution is -0.125. The number of carbonyl (C=O) groups is 2. The Morgan fingerprint density at radius 1 is 1.19 bits per heavy atom. The minimum atomic E-state index is -0.307. The first-order valence-electron chi connectivity index (χ1n) is 9.27. The average Bonchev–Trinajstić information content (AvgIpc) is 2.70. The Morgan fingerprint density at radius 2 is 1.85 bits per heavy atom. The van der Waals surface area contributed by atoms with Gasteiger partial charge in [0.25, 0.3) is 5.91 Å². The number of hydrogen-bond acceptors (Lipinski definition) is 3. The van der Waals surface area contributed by atoms with E-state index in [0.29, 0.717) is 30.6 Å². The molecule has 1 aromatic carbocycles. The summed E-state index contributed by atoms with van der Waals surface area (Å²) in [6.07, 6.45) is 5.02. The first kappa shape index (κ1) is 19.0. The maximum atomic E-state index is 13.8. The molecule has 0 aliphatic carbocycles. The van der Waals surface area contributed by atoms with E-state index in [1.165, 1.54) is 6.07 Å². The van der Waals surface area contributed by atoms with Crippen molar-refractivity contribution in [2.45, 2.75) is 32.2 Å². The van der Waals surface area contributed by atoms with Crippen LogP contribution < -0.4 is 5.32 Å². The smallest absolute Gasteiger partial charge is 0.253 e. The zero-order valence-electron chi connectivity index (χ0n) is 15.4. The van der Waals surface area contributed by atoms with Gasteiger partial charge < -0.3 is 10.2 Å². The Morgan fingerprint density at radius 3 is 2.52 bits per heavy atom. The highest BCUT2D eigenvalue weighted by Crippen LogP contribution is 2.16. The van der Waals surface area contributed by atoms with Crippen molar-refractivity contribution >= 4 is 11.8 Å². The number of aromatic nitrogens is 1. The van der Waals surface area contributed by atoms with Crippen LogP contribution in [0.25, 0.3) is 0 Å². The van der Waals surface area contributed by atoms with Crippen molar-refractivity contribution in [1.29, 1.82) is 0 Å². The first-order valence-corrected chi connectivity index (χ1v) is 9.27. The number of likely N-dealkylation sites (tertiary alicyclic amines) is 1. The molecule has 1 aliphatic heterocycles. The number of halogens is 1. The Kier molecular flexibility index (Phi) is 6.16. The van der Waals surface area contributed by atoms with Crippen LogP contribution in [-0.2, 0) is 11.2 Å². The number of rotatable bonds is 5. The molecule has 0 radical (unpaired) electrons. The van der Waals surface area contributed by atoms with Gasteiger partial charge in [-0.25, -0.2) is 4.39 Å². The van der Waals surface area contributed by atoms with Crippen molar-refractivity contribution in [3.8, 4) is 0 Å². The first-order chi connectivity index (χ1) is 13.0. The molecular weight excluding hydrogens is 345 g/mol. The number of amides is 2. The molecule has 142 valence electrons. The van der Waals surface area contributed by atoms with Gasteiger partial charge in [0.15, 0.2) is 0 Å². The molecule has 1 aliphatic rings. The van der Waals surface area contributed by atoms with E-state index in [0.717, 1.165) is 12.8 Å². The molecule has 0 spiro atoms. The maximum absolute atomic E-state index is 13.8. The summed E-state index contributed by atoms with van der Waals surface area (Å²) in [6, 6.07) is 10.0. The van der Waals surface area contributed by atoms with E-state index in [9.17, 15) is 14.0 Å². The lowest BCUT2D eigenvalue weighted by Gasteiger charge is -2.33. The number of pyridine rings is 1. The Hall–Kier alpha value is -2.76. The van der Waals surface area contributed by atoms with Crippen molar-refractivity contribution < 1.29 is 14.0 Å². The molecule has 2 amide bonds. The van der Waals surface area contributed by atoms with E-state index in [1.807, 2.05) is 6.92 Å². The normalized spacial score (nSPS) is 16.0. The van der Waals surface area contributed by atoms with Gasteiger partial charge in [-0.05, 0) is 43.0 Å². The molecule has 1 fully saturated rings. The Balaban J connectivity index is 1.48. The number of hydrogen-bond donors (Lipinski definition) is 1. The summed E-state index contributed by atoms with van der Waals surface area (Å²) in [7, 11) is 0. The molecule has 5 nitrogen and oxygen atoms in total. The largest absolute Gasteiger partial charge is 0.353 e. The summed E-state index contributed by atoms with van der Waals surface area (Å²) in [5.41, 5.74) is 1.18. The van der Waals surface area contributed by atoms with Crippen LogP contribution >= 0.6 is 0 Å². The van der Waals surface area contributed by atoms with Gasteiger partial charge in [0.2, 0.25) is 5.91 Å². The SMILES string of the molecule is CC(Cc1ccccc1F)C(=O)NC1CCN(C(=O)c2ccncc2)CC1.